The maximum atomic E-state index is 14.2. The number of carbonyl (C=O) groups excluding carboxylic acids is 4. The van der Waals surface area contributed by atoms with E-state index in [0.717, 1.165) is 23.4 Å². The number of aryl methyl sites for hydroxylation is 2. The average Bonchev–Trinajstić information content (AvgIpc) is 3.85. The number of esters is 1. The van der Waals surface area contributed by atoms with Gasteiger partial charge in [0, 0.05) is 96.7 Å². The number of likely N-dealkylation sites (N-methyl/N-ethyl adjacent to an activating group) is 1. The van der Waals surface area contributed by atoms with Gasteiger partial charge in [0.25, 0.3) is 0 Å². The van der Waals surface area contributed by atoms with Gasteiger partial charge in [-0.05, 0) is 53.3 Å². The van der Waals surface area contributed by atoms with Crippen LogP contribution >= 0.6 is 0 Å². The summed E-state index contributed by atoms with van der Waals surface area (Å²) in [4.78, 5) is 76.3. The second kappa shape index (κ2) is 20.6. The van der Waals surface area contributed by atoms with E-state index in [1.54, 1.807) is 6.92 Å². The van der Waals surface area contributed by atoms with Gasteiger partial charge in [-0.1, -0.05) is 50.1 Å². The van der Waals surface area contributed by atoms with Gasteiger partial charge >= 0.3 is 26.4 Å². The van der Waals surface area contributed by atoms with Gasteiger partial charge in [-0.2, -0.15) is 0 Å². The van der Waals surface area contributed by atoms with Crippen LogP contribution in [0.15, 0.2) is 18.2 Å². The summed E-state index contributed by atoms with van der Waals surface area (Å²) in [6.45, 7) is 13.9. The maximum Gasteiger partial charge on any atom is 2.00 e. The van der Waals surface area contributed by atoms with Crippen LogP contribution in [0.4, 0.5) is 0 Å². The van der Waals surface area contributed by atoms with E-state index in [2.05, 4.69) is 29.8 Å². The molecular formula is C43H58N8O6Pd. The molecule has 0 unspecified atom stereocenters. The number of amides is 2. The number of rotatable bonds is 16. The average molecular weight is 889 g/mol. The van der Waals surface area contributed by atoms with Crippen molar-refractivity contribution in [2.45, 2.75) is 90.9 Å². The number of hydrogen-bond donors (Lipinski definition) is 4. The monoisotopic (exact) mass is 888 g/mol. The Kier molecular flexibility index (Phi) is 16.5. The standard InChI is InChI=1S/C43H60N8O6.Pd/c1-10-28-23(2)31-22-36-39(27(6)53)25(4)33(48-36)20-32-24(3)29(11-12-37(54)45-14-13-44-16-18-52)41(49-32)30(19-38(55)57-9)42-40(43(56)46-15-17-51(7)8)26(5)34(50-42)21-35(28)47-31;/h20-24,28-29,44,52H,10-19H2,1-9H3,(H4,45,46,47,48,49,50,53,54,56);/q;+2/p-2/t23-,24+,28-,29+;/m1./s1. The second-order valence-electron chi connectivity index (χ2n) is 15.5. The molecule has 0 saturated heterocycles. The second-order valence-corrected chi connectivity index (χ2v) is 15.5. The van der Waals surface area contributed by atoms with Crippen molar-refractivity contribution in [3.63, 3.8) is 0 Å². The first-order valence-corrected chi connectivity index (χ1v) is 20.0. The van der Waals surface area contributed by atoms with Crippen LogP contribution in [0.3, 0.4) is 0 Å². The molecule has 3 aromatic rings. The molecule has 4 N–H and O–H groups in total. The van der Waals surface area contributed by atoms with Crippen LogP contribution in [-0.2, 0) is 41.2 Å². The number of ketones is 1. The molecule has 0 spiro atoms. The molecule has 0 saturated carbocycles. The number of aliphatic hydroxyl groups excluding tert-OH is 1. The third kappa shape index (κ3) is 10.3. The van der Waals surface area contributed by atoms with E-state index in [1.807, 2.05) is 58.0 Å². The van der Waals surface area contributed by atoms with Crippen molar-refractivity contribution in [3.05, 3.63) is 68.8 Å². The van der Waals surface area contributed by atoms with Crippen molar-refractivity contribution in [1.29, 1.82) is 0 Å². The van der Waals surface area contributed by atoms with Gasteiger partial charge in [0.2, 0.25) is 11.8 Å². The summed E-state index contributed by atoms with van der Waals surface area (Å²) in [6.07, 6.45) is 1.15. The largest absolute Gasteiger partial charge is 2.00 e. The number of Topliss-reactive ketones (excluding diaryl/α,β-unsaturated/α-hetero) is 1. The molecule has 2 aliphatic heterocycles. The molecule has 15 heteroatoms. The molecule has 316 valence electrons. The Morgan fingerprint density at radius 3 is 2.14 bits per heavy atom. The maximum absolute atomic E-state index is 14.2. The minimum absolute atomic E-state index is 0. The van der Waals surface area contributed by atoms with Gasteiger partial charge in [0.05, 0.1) is 20.1 Å². The summed E-state index contributed by atoms with van der Waals surface area (Å²) < 4.78 is 5.23. The molecule has 0 fully saturated rings. The van der Waals surface area contributed by atoms with Crippen LogP contribution in [0.5, 0.6) is 0 Å². The number of aliphatic hydroxyl groups is 1. The van der Waals surface area contributed by atoms with Gasteiger partial charge < -0.3 is 40.7 Å². The van der Waals surface area contributed by atoms with Crippen LogP contribution < -0.4 is 25.9 Å². The predicted octanol–water partition coefficient (Wildman–Crippen LogP) is 4.06. The minimum atomic E-state index is -0.525. The Morgan fingerprint density at radius 1 is 0.845 bits per heavy atom. The number of ether oxygens (including phenoxy) is 1. The Morgan fingerprint density at radius 2 is 1.48 bits per heavy atom. The van der Waals surface area contributed by atoms with E-state index in [0.29, 0.717) is 94.9 Å². The van der Waals surface area contributed by atoms with Crippen LogP contribution in [0.2, 0.25) is 0 Å². The van der Waals surface area contributed by atoms with E-state index in [4.69, 9.17) is 29.8 Å². The molecule has 5 heterocycles. The molecule has 58 heavy (non-hydrogen) atoms. The van der Waals surface area contributed by atoms with Gasteiger partial charge in [0.1, 0.15) is 0 Å². The molecule has 14 nitrogen and oxygen atoms in total. The van der Waals surface area contributed by atoms with Gasteiger partial charge in [-0.3, -0.25) is 29.1 Å². The Labute approximate surface area is 354 Å². The zero-order valence-corrected chi connectivity index (χ0v) is 36.7. The number of hydrogen-bond acceptors (Lipinski definition) is 10. The molecule has 2 aliphatic rings. The Hall–Kier alpha value is -4.26. The zero-order valence-electron chi connectivity index (χ0n) is 35.2. The van der Waals surface area contributed by atoms with Gasteiger partial charge in [-0.25, -0.2) is 0 Å². The van der Waals surface area contributed by atoms with Crippen LogP contribution in [0.1, 0.15) is 131 Å². The molecule has 0 radical (unpaired) electrons. The molecule has 0 aromatic carbocycles. The molecule has 0 aliphatic carbocycles. The third-order valence-electron chi connectivity index (χ3n) is 11.3. The fourth-order valence-electron chi connectivity index (χ4n) is 8.04. The smallest absolute Gasteiger partial charge is 0.657 e. The van der Waals surface area contributed by atoms with E-state index in [-0.39, 0.29) is 81.1 Å². The van der Waals surface area contributed by atoms with Gasteiger partial charge in [-0.15, -0.1) is 22.1 Å². The minimum Gasteiger partial charge on any atom is -0.657 e. The fourth-order valence-corrected chi connectivity index (χ4v) is 8.04. The first-order valence-electron chi connectivity index (χ1n) is 20.0. The van der Waals surface area contributed by atoms with Crippen LogP contribution in [0.25, 0.3) is 22.1 Å². The molecule has 8 bridgehead atoms. The summed E-state index contributed by atoms with van der Waals surface area (Å²) in [5.41, 5.74) is 7.60. The SMILES string of the molecule is CC[C@H]1c2cc3[n-]c(c(CC(=O)OC)c4nc(cc5[n-]c(cc(n2)[C@@H]1C)c(C(C)=O)c5C)[C@@H](C)[C@@H]4CCC(=O)NCCNCCO)c(C(=O)NCCN(C)C)c3C.[Pd+2]. The fraction of sp³-hybridized carbons (Fsp3) is 0.535. The number of methoxy groups -OCH3 is 1. The van der Waals surface area contributed by atoms with Crippen molar-refractivity contribution in [2.75, 3.05) is 60.5 Å². The number of fused-ring (bicyclic) bond motifs is 8. The Balaban J connectivity index is 0.00000744. The number of aromatic nitrogens is 4. The van der Waals surface area contributed by atoms with E-state index >= 15 is 0 Å². The van der Waals surface area contributed by atoms with Crippen LogP contribution in [0, 0.1) is 13.8 Å². The van der Waals surface area contributed by atoms with Crippen molar-refractivity contribution in [3.8, 4) is 0 Å². The summed E-state index contributed by atoms with van der Waals surface area (Å²) >= 11 is 0. The topological polar surface area (TPSA) is 191 Å². The summed E-state index contributed by atoms with van der Waals surface area (Å²) in [5, 5.41) is 18.1. The summed E-state index contributed by atoms with van der Waals surface area (Å²) in [6, 6.07) is 5.75. The van der Waals surface area contributed by atoms with Crippen molar-refractivity contribution < 1.29 is 49.4 Å². The normalized spacial score (nSPS) is 17.5. The van der Waals surface area contributed by atoms with Crippen LogP contribution in [-0.4, -0.2) is 104 Å². The molecular weight excluding hydrogens is 831 g/mol. The van der Waals surface area contributed by atoms with E-state index in [1.165, 1.54) is 7.11 Å². The number of nitrogens with zero attached hydrogens (tertiary/aromatic N) is 5. The first-order chi connectivity index (χ1) is 27.2. The number of carbonyl (C=O) groups is 4. The molecule has 3 aromatic heterocycles. The van der Waals surface area contributed by atoms with E-state index in [9.17, 15) is 19.2 Å². The van der Waals surface area contributed by atoms with Crippen molar-refractivity contribution in [2.24, 2.45) is 0 Å². The van der Waals surface area contributed by atoms with Crippen molar-refractivity contribution >= 4 is 45.6 Å². The summed E-state index contributed by atoms with van der Waals surface area (Å²) in [5.74, 6) is -1.62. The zero-order chi connectivity index (χ0) is 41.6. The summed E-state index contributed by atoms with van der Waals surface area (Å²) in [7, 11) is 5.19. The molecule has 4 atom stereocenters. The quantitative estimate of drug-likeness (QED) is 0.0700. The first kappa shape index (κ1) is 46.4. The molecule has 2 amide bonds. The number of nitrogens with one attached hydrogen (secondary N) is 3. The van der Waals surface area contributed by atoms with Gasteiger partial charge in [0.15, 0.2) is 5.78 Å². The Bertz CT molecular complexity index is 2160. The predicted molar refractivity (Wildman–Crippen MR) is 220 cm³/mol. The van der Waals surface area contributed by atoms with E-state index < -0.39 is 5.97 Å². The van der Waals surface area contributed by atoms with Crippen molar-refractivity contribution in [1.82, 2.24) is 40.8 Å². The molecule has 5 rings (SSSR count). The third-order valence-corrected chi connectivity index (χ3v) is 11.3.